The van der Waals surface area contributed by atoms with Gasteiger partial charge >= 0.3 is 5.97 Å². The number of carboxylic acid groups (broad SMARTS) is 1. The standard InChI is InChI=1S/C10H19N5O2/c11-9(12)15-4-1-3-10(13,8(16)17)7-2-5-14-6-7/h6,14H,1-5,13H2,(H,16,17)(H4,11,12,15)/t10-/m0/s1. The maximum atomic E-state index is 11.3. The Morgan fingerprint density at radius 2 is 2.41 bits per heavy atom. The first kappa shape index (κ1) is 13.3. The molecule has 7 heteroatoms. The molecule has 8 N–H and O–H groups in total. The number of carbonyl (C=O) groups is 1. The fourth-order valence-electron chi connectivity index (χ4n) is 1.82. The molecule has 0 amide bonds. The quantitative estimate of drug-likeness (QED) is 0.198. The van der Waals surface area contributed by atoms with E-state index >= 15 is 0 Å². The van der Waals surface area contributed by atoms with E-state index in [1.165, 1.54) is 0 Å². The van der Waals surface area contributed by atoms with Crippen LogP contribution in [0.15, 0.2) is 11.8 Å². The molecule has 0 saturated heterocycles. The van der Waals surface area contributed by atoms with Crippen molar-refractivity contribution in [2.75, 3.05) is 13.1 Å². The van der Waals surface area contributed by atoms with Crippen molar-refractivity contribution in [1.82, 2.24) is 10.6 Å². The van der Waals surface area contributed by atoms with Crippen LogP contribution in [0.1, 0.15) is 19.3 Å². The van der Waals surface area contributed by atoms with E-state index in [1.807, 2.05) is 0 Å². The third kappa shape index (κ3) is 3.35. The van der Waals surface area contributed by atoms with Gasteiger partial charge in [-0.05, 0) is 31.0 Å². The summed E-state index contributed by atoms with van der Waals surface area (Å²) in [5.41, 5.74) is 10.5. The van der Waals surface area contributed by atoms with Gasteiger partial charge in [0, 0.05) is 13.1 Å². The molecule has 96 valence electrons. The van der Waals surface area contributed by atoms with E-state index in [9.17, 15) is 9.90 Å². The average molecular weight is 241 g/mol. The molecule has 0 aliphatic carbocycles. The second-order valence-electron chi connectivity index (χ2n) is 4.09. The summed E-state index contributed by atoms with van der Waals surface area (Å²) < 4.78 is 0. The molecule has 0 radical (unpaired) electrons. The number of nitrogens with two attached hydrogens (primary N) is 2. The van der Waals surface area contributed by atoms with Gasteiger partial charge in [0.15, 0.2) is 5.96 Å². The summed E-state index contributed by atoms with van der Waals surface area (Å²) in [4.78, 5) is 11.3. The second-order valence-corrected chi connectivity index (χ2v) is 4.09. The van der Waals surface area contributed by atoms with Gasteiger partial charge in [0.25, 0.3) is 0 Å². The summed E-state index contributed by atoms with van der Waals surface area (Å²) in [6, 6.07) is 0. The Bertz CT molecular complexity index is 342. The summed E-state index contributed by atoms with van der Waals surface area (Å²) in [5.74, 6) is -1.14. The number of hydrogen-bond donors (Lipinski definition) is 6. The Morgan fingerprint density at radius 3 is 2.88 bits per heavy atom. The maximum Gasteiger partial charge on any atom is 0.328 e. The summed E-state index contributed by atoms with van der Waals surface area (Å²) >= 11 is 0. The first-order valence-corrected chi connectivity index (χ1v) is 5.50. The monoisotopic (exact) mass is 241 g/mol. The van der Waals surface area contributed by atoms with Crippen molar-refractivity contribution in [2.24, 2.45) is 11.5 Å². The molecule has 0 aromatic heterocycles. The van der Waals surface area contributed by atoms with Crippen molar-refractivity contribution in [3.63, 3.8) is 0 Å². The summed E-state index contributed by atoms with van der Waals surface area (Å²) in [5, 5.41) is 21.8. The largest absolute Gasteiger partial charge is 0.480 e. The van der Waals surface area contributed by atoms with Gasteiger partial charge in [0.2, 0.25) is 0 Å². The molecule has 0 saturated carbocycles. The van der Waals surface area contributed by atoms with E-state index in [0.29, 0.717) is 31.4 Å². The number of rotatable bonds is 6. The lowest BCUT2D eigenvalue weighted by Gasteiger charge is -2.25. The molecule has 1 aliphatic rings. The van der Waals surface area contributed by atoms with E-state index < -0.39 is 11.5 Å². The van der Waals surface area contributed by atoms with E-state index in [-0.39, 0.29) is 5.96 Å². The fourth-order valence-corrected chi connectivity index (χ4v) is 1.82. The van der Waals surface area contributed by atoms with Gasteiger partial charge in [0.1, 0.15) is 5.54 Å². The predicted octanol–water partition coefficient (Wildman–Crippen LogP) is -1.09. The third-order valence-corrected chi connectivity index (χ3v) is 2.83. The third-order valence-electron chi connectivity index (χ3n) is 2.83. The van der Waals surface area contributed by atoms with Gasteiger partial charge < -0.3 is 27.2 Å². The molecule has 7 nitrogen and oxygen atoms in total. The molecule has 0 aromatic carbocycles. The summed E-state index contributed by atoms with van der Waals surface area (Å²) in [7, 11) is 0. The second kappa shape index (κ2) is 5.53. The molecule has 0 fully saturated rings. The average Bonchev–Trinajstić information content (AvgIpc) is 2.77. The zero-order chi connectivity index (χ0) is 12.9. The predicted molar refractivity (Wildman–Crippen MR) is 64.4 cm³/mol. The zero-order valence-corrected chi connectivity index (χ0v) is 9.62. The molecule has 0 bridgehead atoms. The first-order chi connectivity index (χ1) is 7.97. The van der Waals surface area contributed by atoms with Crippen LogP contribution in [0.4, 0.5) is 0 Å². The van der Waals surface area contributed by atoms with E-state index in [1.54, 1.807) is 6.20 Å². The number of nitrogens with one attached hydrogen (secondary N) is 3. The van der Waals surface area contributed by atoms with Crippen LogP contribution < -0.4 is 22.1 Å². The van der Waals surface area contributed by atoms with Gasteiger partial charge in [-0.2, -0.15) is 0 Å². The normalized spacial score (nSPS) is 17.8. The van der Waals surface area contributed by atoms with Crippen LogP contribution in [0, 0.1) is 5.41 Å². The Balaban J connectivity index is 2.54. The molecule has 17 heavy (non-hydrogen) atoms. The molecular weight excluding hydrogens is 222 g/mol. The Labute approximate surface area is 99.7 Å². The minimum Gasteiger partial charge on any atom is -0.480 e. The van der Waals surface area contributed by atoms with E-state index in [4.69, 9.17) is 16.9 Å². The van der Waals surface area contributed by atoms with Gasteiger partial charge in [-0.3, -0.25) is 5.41 Å². The lowest BCUT2D eigenvalue weighted by molar-refractivity contribution is -0.142. The molecule has 1 aliphatic heterocycles. The number of hydrogen-bond acceptors (Lipinski definition) is 4. The molecule has 1 rings (SSSR count). The minimum absolute atomic E-state index is 0.121. The van der Waals surface area contributed by atoms with Gasteiger partial charge in [-0.15, -0.1) is 0 Å². The van der Waals surface area contributed by atoms with Crippen molar-refractivity contribution >= 4 is 11.9 Å². The highest BCUT2D eigenvalue weighted by Crippen LogP contribution is 2.24. The Kier molecular flexibility index (Phi) is 4.33. The minimum atomic E-state index is -1.32. The molecule has 0 aromatic rings. The van der Waals surface area contributed by atoms with Gasteiger partial charge in [-0.25, -0.2) is 4.79 Å². The fraction of sp³-hybridized carbons (Fsp3) is 0.600. The lowest BCUT2D eigenvalue weighted by Crippen LogP contribution is -2.50. The highest BCUT2D eigenvalue weighted by atomic mass is 16.4. The molecular formula is C10H19N5O2. The van der Waals surface area contributed by atoms with Crippen LogP contribution in [-0.2, 0) is 4.79 Å². The summed E-state index contributed by atoms with van der Waals surface area (Å²) in [6.07, 6.45) is 3.20. The topological polar surface area (TPSA) is 137 Å². The zero-order valence-electron chi connectivity index (χ0n) is 9.62. The SMILES string of the molecule is N=C(N)NCCC[C@@](N)(C(=O)O)C1=CNCC1. The molecule has 0 unspecified atom stereocenters. The highest BCUT2D eigenvalue weighted by Gasteiger charge is 2.38. The van der Waals surface area contributed by atoms with Gasteiger partial charge in [-0.1, -0.05) is 0 Å². The molecule has 0 spiro atoms. The van der Waals surface area contributed by atoms with Crippen LogP contribution in [-0.4, -0.2) is 35.7 Å². The Morgan fingerprint density at radius 1 is 1.71 bits per heavy atom. The lowest BCUT2D eigenvalue weighted by atomic mass is 9.85. The van der Waals surface area contributed by atoms with Gasteiger partial charge in [0.05, 0.1) is 0 Å². The van der Waals surface area contributed by atoms with Crippen LogP contribution in [0.25, 0.3) is 0 Å². The van der Waals surface area contributed by atoms with Crippen molar-refractivity contribution in [2.45, 2.75) is 24.8 Å². The first-order valence-electron chi connectivity index (χ1n) is 5.50. The number of guanidine groups is 1. The molecule has 1 atom stereocenters. The highest BCUT2D eigenvalue weighted by molar-refractivity contribution is 5.83. The van der Waals surface area contributed by atoms with E-state index in [0.717, 1.165) is 6.54 Å². The summed E-state index contributed by atoms with van der Waals surface area (Å²) in [6.45, 7) is 1.18. The number of aliphatic carboxylic acids is 1. The van der Waals surface area contributed by atoms with Crippen molar-refractivity contribution in [3.05, 3.63) is 11.8 Å². The van der Waals surface area contributed by atoms with Crippen LogP contribution in [0.3, 0.4) is 0 Å². The van der Waals surface area contributed by atoms with Crippen molar-refractivity contribution in [3.8, 4) is 0 Å². The smallest absolute Gasteiger partial charge is 0.328 e. The maximum absolute atomic E-state index is 11.3. The van der Waals surface area contributed by atoms with Crippen LogP contribution in [0.2, 0.25) is 0 Å². The van der Waals surface area contributed by atoms with Crippen LogP contribution >= 0.6 is 0 Å². The Hall–Kier alpha value is -1.76. The van der Waals surface area contributed by atoms with E-state index in [2.05, 4.69) is 10.6 Å². The van der Waals surface area contributed by atoms with Crippen molar-refractivity contribution < 1.29 is 9.90 Å². The number of carboxylic acids is 1. The van der Waals surface area contributed by atoms with Crippen molar-refractivity contribution in [1.29, 1.82) is 5.41 Å². The molecule has 1 heterocycles. The van der Waals surface area contributed by atoms with Crippen LogP contribution in [0.5, 0.6) is 0 Å².